The third-order valence-electron chi connectivity index (χ3n) is 3.52. The van der Waals surface area contributed by atoms with Gasteiger partial charge in [0.15, 0.2) is 0 Å². The van der Waals surface area contributed by atoms with Gasteiger partial charge in [0.1, 0.15) is 4.90 Å². The number of rotatable bonds is 5. The molecule has 1 aliphatic carbocycles. The molecule has 0 spiro atoms. The second-order valence-corrected chi connectivity index (χ2v) is 8.74. The van der Waals surface area contributed by atoms with Crippen LogP contribution in [-0.4, -0.2) is 30.3 Å². The molecular weight excluding hydrogens is 396 g/mol. The summed E-state index contributed by atoms with van der Waals surface area (Å²) in [5.74, 6) is 0. The summed E-state index contributed by atoms with van der Waals surface area (Å²) in [5.41, 5.74) is 5.58. The average Bonchev–Trinajstić information content (AvgIpc) is 2.88. The van der Waals surface area contributed by atoms with Crippen molar-refractivity contribution in [3.63, 3.8) is 0 Å². The van der Waals surface area contributed by atoms with Gasteiger partial charge in [-0.2, -0.15) is 4.31 Å². The van der Waals surface area contributed by atoms with Gasteiger partial charge >= 0.3 is 0 Å². The molecule has 116 valence electrons. The first-order chi connectivity index (χ1) is 9.82. The van der Waals surface area contributed by atoms with Crippen LogP contribution in [0.15, 0.2) is 27.6 Å². The molecule has 0 saturated heterocycles. The maximum atomic E-state index is 12.9. The van der Waals surface area contributed by atoms with E-state index in [0.717, 1.165) is 30.2 Å². The predicted octanol–water partition coefficient (Wildman–Crippen LogP) is 3.32. The third kappa shape index (κ3) is 3.96. The van der Waals surface area contributed by atoms with Crippen LogP contribution < -0.4 is 5.73 Å². The van der Waals surface area contributed by atoms with Gasteiger partial charge in [-0.05, 0) is 31.0 Å². The summed E-state index contributed by atoms with van der Waals surface area (Å²) in [7, 11) is -3.71. The molecule has 0 radical (unpaired) electrons. The van der Waals surface area contributed by atoms with Crippen LogP contribution in [0.4, 0.5) is 0 Å². The minimum Gasteiger partial charge on any atom is -0.392 e. The van der Waals surface area contributed by atoms with E-state index in [2.05, 4.69) is 15.9 Å². The van der Waals surface area contributed by atoms with Gasteiger partial charge < -0.3 is 5.73 Å². The molecule has 1 aromatic rings. The van der Waals surface area contributed by atoms with Crippen LogP contribution in [0.2, 0.25) is 5.02 Å². The number of halogens is 2. The maximum Gasteiger partial charge on any atom is 0.245 e. The number of nitrogens with zero attached hydrogens (tertiary/aromatic N) is 1. The summed E-state index contributed by atoms with van der Waals surface area (Å²) in [4.78, 5) is 0.259. The summed E-state index contributed by atoms with van der Waals surface area (Å²) in [6.07, 6.45) is 3.69. The van der Waals surface area contributed by atoms with E-state index < -0.39 is 10.0 Å². The van der Waals surface area contributed by atoms with Gasteiger partial charge in [0.25, 0.3) is 0 Å². The molecule has 0 atom stereocenters. The number of hydrogen-bond donors (Lipinski definition) is 1. The molecular formula is C13H16BrClN2O2S2. The molecule has 8 heteroatoms. The Kier molecular flexibility index (Phi) is 5.65. The van der Waals surface area contributed by atoms with Gasteiger partial charge in [-0.15, -0.1) is 0 Å². The van der Waals surface area contributed by atoms with Crippen molar-refractivity contribution in [2.24, 2.45) is 5.73 Å². The minimum atomic E-state index is -3.71. The molecule has 0 amide bonds. The Balaban J connectivity index is 2.43. The molecule has 1 fully saturated rings. The van der Waals surface area contributed by atoms with E-state index >= 15 is 0 Å². The molecule has 1 aliphatic rings. The minimum absolute atomic E-state index is 0.0503. The first-order valence-electron chi connectivity index (χ1n) is 6.57. The van der Waals surface area contributed by atoms with Gasteiger partial charge in [0.2, 0.25) is 10.0 Å². The normalized spacial score (nSPS) is 16.5. The van der Waals surface area contributed by atoms with Gasteiger partial charge in [-0.25, -0.2) is 8.42 Å². The van der Waals surface area contributed by atoms with Crippen molar-refractivity contribution in [3.8, 4) is 0 Å². The van der Waals surface area contributed by atoms with Gasteiger partial charge in [0, 0.05) is 10.5 Å². The highest BCUT2D eigenvalue weighted by Crippen LogP contribution is 2.32. The van der Waals surface area contributed by atoms with E-state index in [1.54, 1.807) is 12.1 Å². The summed E-state index contributed by atoms with van der Waals surface area (Å²) in [6, 6.07) is 4.67. The molecule has 0 unspecified atom stereocenters. The Hall–Kier alpha value is -0.210. The number of benzene rings is 1. The van der Waals surface area contributed by atoms with E-state index in [-0.39, 0.29) is 27.5 Å². The first-order valence-corrected chi connectivity index (χ1v) is 9.59. The number of thiocarbonyl (C=S) groups is 1. The standard InChI is InChI=1S/C13H16BrClN2O2S2/c14-9-5-6-12(11(15)7-9)21(18,19)17(8-13(16)20)10-3-1-2-4-10/h5-7,10H,1-4,8H2,(H2,16,20). The van der Waals surface area contributed by atoms with E-state index in [1.807, 2.05) is 0 Å². The topological polar surface area (TPSA) is 63.4 Å². The van der Waals surface area contributed by atoms with Crippen LogP contribution in [0.5, 0.6) is 0 Å². The van der Waals surface area contributed by atoms with Crippen molar-refractivity contribution >= 4 is 54.8 Å². The number of hydrogen-bond acceptors (Lipinski definition) is 3. The number of nitrogens with two attached hydrogens (primary N) is 1. The highest BCUT2D eigenvalue weighted by atomic mass is 79.9. The van der Waals surface area contributed by atoms with Crippen molar-refractivity contribution in [1.82, 2.24) is 4.31 Å². The zero-order valence-corrected chi connectivity index (χ0v) is 15.2. The molecule has 1 aromatic carbocycles. The first kappa shape index (κ1) is 17.1. The molecule has 21 heavy (non-hydrogen) atoms. The summed E-state index contributed by atoms with van der Waals surface area (Å²) in [5, 5.41) is 0.190. The van der Waals surface area contributed by atoms with E-state index in [4.69, 9.17) is 29.6 Å². The molecule has 1 saturated carbocycles. The fourth-order valence-electron chi connectivity index (χ4n) is 2.57. The van der Waals surface area contributed by atoms with Crippen LogP contribution in [0.1, 0.15) is 25.7 Å². The Bertz CT molecular complexity index is 646. The lowest BCUT2D eigenvalue weighted by molar-refractivity contribution is 0.355. The van der Waals surface area contributed by atoms with Crippen LogP contribution in [0.25, 0.3) is 0 Å². The largest absolute Gasteiger partial charge is 0.392 e. The van der Waals surface area contributed by atoms with Gasteiger partial charge in [0.05, 0.1) is 16.6 Å². The van der Waals surface area contributed by atoms with Crippen molar-refractivity contribution in [3.05, 3.63) is 27.7 Å². The van der Waals surface area contributed by atoms with Crippen LogP contribution in [-0.2, 0) is 10.0 Å². The second-order valence-electron chi connectivity index (χ2n) is 5.03. The summed E-state index contributed by atoms with van der Waals surface area (Å²) in [6.45, 7) is 0.0503. The monoisotopic (exact) mass is 410 g/mol. The zero-order chi connectivity index (χ0) is 15.6. The molecule has 2 N–H and O–H groups in total. The summed E-state index contributed by atoms with van der Waals surface area (Å²) >= 11 is 14.3. The van der Waals surface area contributed by atoms with Gasteiger partial charge in [-0.3, -0.25) is 0 Å². The molecule has 4 nitrogen and oxygen atoms in total. The van der Waals surface area contributed by atoms with E-state index in [9.17, 15) is 8.42 Å². The molecule has 0 aliphatic heterocycles. The SMILES string of the molecule is NC(=S)CN(C1CCCC1)S(=O)(=O)c1ccc(Br)cc1Cl. The molecule has 2 rings (SSSR count). The van der Waals surface area contributed by atoms with Crippen molar-refractivity contribution in [1.29, 1.82) is 0 Å². The predicted molar refractivity (Wildman–Crippen MR) is 92.1 cm³/mol. The zero-order valence-electron chi connectivity index (χ0n) is 11.3. The fourth-order valence-corrected chi connectivity index (χ4v) is 5.46. The Morgan fingerprint density at radius 1 is 1.43 bits per heavy atom. The lowest BCUT2D eigenvalue weighted by Gasteiger charge is -2.28. The molecule has 0 aromatic heterocycles. The Morgan fingerprint density at radius 3 is 2.57 bits per heavy atom. The lowest BCUT2D eigenvalue weighted by Crippen LogP contribution is -2.43. The maximum absolute atomic E-state index is 12.9. The highest BCUT2D eigenvalue weighted by molar-refractivity contribution is 9.10. The molecule has 0 heterocycles. The summed E-state index contributed by atoms with van der Waals surface area (Å²) < 4.78 is 27.9. The van der Waals surface area contributed by atoms with Crippen molar-refractivity contribution in [2.75, 3.05) is 6.54 Å². The van der Waals surface area contributed by atoms with Gasteiger partial charge in [-0.1, -0.05) is 52.6 Å². The Labute approximate surface area is 143 Å². The smallest absolute Gasteiger partial charge is 0.245 e. The fraction of sp³-hybridized carbons (Fsp3) is 0.462. The quantitative estimate of drug-likeness (QED) is 0.755. The lowest BCUT2D eigenvalue weighted by atomic mass is 10.2. The van der Waals surface area contributed by atoms with Crippen LogP contribution >= 0.6 is 39.7 Å². The molecule has 0 bridgehead atoms. The van der Waals surface area contributed by atoms with Crippen LogP contribution in [0, 0.1) is 0 Å². The number of sulfonamides is 1. The highest BCUT2D eigenvalue weighted by Gasteiger charge is 2.34. The second kappa shape index (κ2) is 6.91. The van der Waals surface area contributed by atoms with Crippen molar-refractivity contribution in [2.45, 2.75) is 36.6 Å². The Morgan fingerprint density at radius 2 is 2.05 bits per heavy atom. The van der Waals surface area contributed by atoms with Crippen LogP contribution in [0.3, 0.4) is 0 Å². The van der Waals surface area contributed by atoms with E-state index in [1.165, 1.54) is 10.4 Å². The van der Waals surface area contributed by atoms with Crippen molar-refractivity contribution < 1.29 is 8.42 Å². The van der Waals surface area contributed by atoms with E-state index in [0.29, 0.717) is 0 Å². The average molecular weight is 412 g/mol. The third-order valence-corrected chi connectivity index (χ3v) is 6.53.